The Morgan fingerprint density at radius 3 is 2.65 bits per heavy atom. The number of hydrogen-bond donors (Lipinski definition) is 1. The molecule has 0 bridgehead atoms. The lowest BCUT2D eigenvalue weighted by molar-refractivity contribution is -0.119. The summed E-state index contributed by atoms with van der Waals surface area (Å²) in [5.41, 5.74) is 4.75. The van der Waals surface area contributed by atoms with Gasteiger partial charge in [-0.1, -0.05) is 24.3 Å². The van der Waals surface area contributed by atoms with Crippen LogP contribution in [0.15, 0.2) is 54.9 Å². The third kappa shape index (κ3) is 4.19. The normalized spacial score (nSPS) is 13.0. The van der Waals surface area contributed by atoms with E-state index in [2.05, 4.69) is 25.4 Å². The summed E-state index contributed by atoms with van der Waals surface area (Å²) >= 11 is 0. The summed E-state index contributed by atoms with van der Waals surface area (Å²) < 4.78 is 7.38. The molecule has 1 amide bonds. The SMILES string of the molecule is COc1cc(Nc2nc3n(n2)CCC(=O)N3Cc2ccccc2C)ccc1-c1cnc(C)nc1. The van der Waals surface area contributed by atoms with Crippen LogP contribution in [0.1, 0.15) is 23.4 Å². The van der Waals surface area contributed by atoms with Crippen LogP contribution in [0.25, 0.3) is 11.1 Å². The maximum atomic E-state index is 12.7. The first-order valence-corrected chi connectivity index (χ1v) is 11.1. The summed E-state index contributed by atoms with van der Waals surface area (Å²) in [6.45, 7) is 4.86. The van der Waals surface area contributed by atoms with Gasteiger partial charge in [0.05, 0.1) is 20.2 Å². The van der Waals surface area contributed by atoms with E-state index in [1.165, 1.54) is 0 Å². The molecule has 0 aliphatic carbocycles. The molecule has 0 fully saturated rings. The zero-order chi connectivity index (χ0) is 23.7. The van der Waals surface area contributed by atoms with Crippen LogP contribution in [0.5, 0.6) is 5.75 Å². The van der Waals surface area contributed by atoms with Gasteiger partial charge in [0.1, 0.15) is 11.6 Å². The minimum Gasteiger partial charge on any atom is -0.496 e. The van der Waals surface area contributed by atoms with Gasteiger partial charge in [-0.05, 0) is 37.1 Å². The lowest BCUT2D eigenvalue weighted by Crippen LogP contribution is -2.37. The molecule has 2 aromatic heterocycles. The van der Waals surface area contributed by atoms with E-state index in [0.717, 1.165) is 27.9 Å². The van der Waals surface area contributed by atoms with Gasteiger partial charge in [0.2, 0.25) is 17.8 Å². The Morgan fingerprint density at radius 1 is 1.09 bits per heavy atom. The number of ether oxygens (including phenoxy) is 1. The first kappa shape index (κ1) is 21.6. The van der Waals surface area contributed by atoms with Crippen molar-refractivity contribution >= 4 is 23.5 Å². The van der Waals surface area contributed by atoms with Gasteiger partial charge in [-0.2, -0.15) is 4.98 Å². The third-order valence-electron chi connectivity index (χ3n) is 5.87. The van der Waals surface area contributed by atoms with Gasteiger partial charge >= 0.3 is 0 Å². The second-order valence-electron chi connectivity index (χ2n) is 8.17. The maximum Gasteiger partial charge on any atom is 0.248 e. The lowest BCUT2D eigenvalue weighted by atomic mass is 10.1. The Labute approximate surface area is 197 Å². The first-order valence-electron chi connectivity index (χ1n) is 11.1. The van der Waals surface area contributed by atoms with Crippen molar-refractivity contribution in [3.05, 3.63) is 71.8 Å². The Kier molecular flexibility index (Phi) is 5.67. The van der Waals surface area contributed by atoms with Crippen molar-refractivity contribution in [2.75, 3.05) is 17.3 Å². The van der Waals surface area contributed by atoms with Gasteiger partial charge in [0, 0.05) is 41.7 Å². The number of anilines is 3. The van der Waals surface area contributed by atoms with Gasteiger partial charge in [0.15, 0.2) is 0 Å². The number of hydrogen-bond acceptors (Lipinski definition) is 7. The zero-order valence-corrected chi connectivity index (χ0v) is 19.3. The lowest BCUT2D eigenvalue weighted by Gasteiger charge is -2.26. The number of aromatic nitrogens is 5. The summed E-state index contributed by atoms with van der Waals surface area (Å²) in [6, 6.07) is 13.8. The predicted octanol–water partition coefficient (Wildman–Crippen LogP) is 4.04. The summed E-state index contributed by atoms with van der Waals surface area (Å²) in [5, 5.41) is 7.82. The van der Waals surface area contributed by atoms with Crippen LogP contribution in [0.3, 0.4) is 0 Å². The van der Waals surface area contributed by atoms with Gasteiger partial charge < -0.3 is 10.1 Å². The van der Waals surface area contributed by atoms with E-state index in [9.17, 15) is 4.79 Å². The molecular weight excluding hydrogens is 430 g/mol. The van der Waals surface area contributed by atoms with Crippen LogP contribution in [0, 0.1) is 13.8 Å². The number of amides is 1. The molecular formula is C25H25N7O2. The average molecular weight is 456 g/mol. The second kappa shape index (κ2) is 8.93. The van der Waals surface area contributed by atoms with E-state index in [0.29, 0.717) is 43.0 Å². The number of aryl methyl sites for hydroxylation is 3. The summed E-state index contributed by atoms with van der Waals surface area (Å²) in [5.74, 6) is 2.40. The average Bonchev–Trinajstić information content (AvgIpc) is 3.25. The van der Waals surface area contributed by atoms with Crippen molar-refractivity contribution in [3.63, 3.8) is 0 Å². The number of carbonyl (C=O) groups is 1. The van der Waals surface area contributed by atoms with E-state index < -0.39 is 0 Å². The number of fused-ring (bicyclic) bond motifs is 1. The Morgan fingerprint density at radius 2 is 1.88 bits per heavy atom. The molecule has 1 aliphatic heterocycles. The van der Waals surface area contributed by atoms with Gasteiger partial charge in [-0.25, -0.2) is 14.6 Å². The Balaban J connectivity index is 1.40. The molecule has 3 heterocycles. The van der Waals surface area contributed by atoms with Gasteiger partial charge in [-0.15, -0.1) is 5.10 Å². The quantitative estimate of drug-likeness (QED) is 0.468. The predicted molar refractivity (Wildman–Crippen MR) is 129 cm³/mol. The largest absolute Gasteiger partial charge is 0.496 e. The van der Waals surface area contributed by atoms with Gasteiger partial charge in [-0.3, -0.25) is 9.69 Å². The van der Waals surface area contributed by atoms with Crippen LogP contribution in [-0.4, -0.2) is 37.7 Å². The molecule has 34 heavy (non-hydrogen) atoms. The smallest absolute Gasteiger partial charge is 0.248 e. The van der Waals surface area contributed by atoms with Crippen molar-refractivity contribution < 1.29 is 9.53 Å². The fraction of sp³-hybridized carbons (Fsp3) is 0.240. The standard InChI is InChI=1S/C25H25N7O2/c1-16-6-4-5-7-18(16)15-31-23(33)10-11-32-25(31)29-24(30-32)28-20-8-9-21(22(12-20)34-3)19-13-26-17(2)27-14-19/h4-9,12-14H,10-11,15H2,1-3H3,(H,28,30). The van der Waals surface area contributed by atoms with Gasteiger partial charge in [0.25, 0.3) is 0 Å². The van der Waals surface area contributed by atoms with E-state index in [4.69, 9.17) is 4.74 Å². The number of methoxy groups -OCH3 is 1. The molecule has 0 spiro atoms. The summed E-state index contributed by atoms with van der Waals surface area (Å²) in [7, 11) is 1.63. The highest BCUT2D eigenvalue weighted by molar-refractivity contribution is 5.93. The highest BCUT2D eigenvalue weighted by atomic mass is 16.5. The molecule has 172 valence electrons. The summed E-state index contributed by atoms with van der Waals surface area (Å²) in [6.07, 6.45) is 3.94. The van der Waals surface area contributed by atoms with Crippen molar-refractivity contribution in [1.82, 2.24) is 24.7 Å². The van der Waals surface area contributed by atoms with Crippen molar-refractivity contribution in [2.24, 2.45) is 0 Å². The molecule has 1 N–H and O–H groups in total. The fourth-order valence-corrected chi connectivity index (χ4v) is 3.97. The number of nitrogens with zero attached hydrogens (tertiary/aromatic N) is 6. The number of benzene rings is 2. The monoisotopic (exact) mass is 455 g/mol. The van der Waals surface area contributed by atoms with Crippen molar-refractivity contribution in [1.29, 1.82) is 0 Å². The molecule has 9 nitrogen and oxygen atoms in total. The molecule has 1 aliphatic rings. The summed E-state index contributed by atoms with van der Waals surface area (Å²) in [4.78, 5) is 27.6. The fourth-order valence-electron chi connectivity index (χ4n) is 3.97. The minimum absolute atomic E-state index is 0.0426. The molecule has 0 saturated heterocycles. The highest BCUT2D eigenvalue weighted by Gasteiger charge is 2.28. The number of carbonyl (C=O) groups excluding carboxylic acids is 1. The van der Waals surface area contributed by atoms with Crippen molar-refractivity contribution in [3.8, 4) is 16.9 Å². The maximum absolute atomic E-state index is 12.7. The Bertz CT molecular complexity index is 1350. The van der Waals surface area contributed by atoms with E-state index in [-0.39, 0.29) is 5.91 Å². The second-order valence-corrected chi connectivity index (χ2v) is 8.17. The molecule has 2 aromatic carbocycles. The van der Waals surface area contributed by atoms with E-state index >= 15 is 0 Å². The molecule has 0 unspecified atom stereocenters. The highest BCUT2D eigenvalue weighted by Crippen LogP contribution is 2.33. The molecule has 5 rings (SSSR count). The number of nitrogens with one attached hydrogen (secondary N) is 1. The van der Waals surface area contributed by atoms with Crippen molar-refractivity contribution in [2.45, 2.75) is 33.4 Å². The topological polar surface area (TPSA) is 98.1 Å². The van der Waals surface area contributed by atoms with Crippen LogP contribution in [0.4, 0.5) is 17.6 Å². The molecule has 0 saturated carbocycles. The molecule has 4 aromatic rings. The first-order chi connectivity index (χ1) is 16.5. The molecule has 0 radical (unpaired) electrons. The van der Waals surface area contributed by atoms with Crippen LogP contribution >= 0.6 is 0 Å². The third-order valence-corrected chi connectivity index (χ3v) is 5.87. The zero-order valence-electron chi connectivity index (χ0n) is 19.3. The van der Waals surface area contributed by atoms with E-state index in [1.54, 1.807) is 29.1 Å². The molecule has 9 heteroatoms. The van der Waals surface area contributed by atoms with Crippen LogP contribution < -0.4 is 15.0 Å². The molecule has 0 atom stereocenters. The number of rotatable bonds is 6. The van der Waals surface area contributed by atoms with Crippen LogP contribution in [-0.2, 0) is 17.9 Å². The van der Waals surface area contributed by atoms with Crippen LogP contribution in [0.2, 0.25) is 0 Å². The van der Waals surface area contributed by atoms with E-state index in [1.807, 2.05) is 56.3 Å². The minimum atomic E-state index is 0.0426. The Hall–Kier alpha value is -4.27.